The number of benzene rings is 1. The van der Waals surface area contributed by atoms with Crippen molar-refractivity contribution in [3.8, 4) is 5.75 Å². The molecule has 1 aromatic carbocycles. The monoisotopic (exact) mass is 460 g/mol. The lowest BCUT2D eigenvalue weighted by molar-refractivity contribution is -0.132. The second-order valence-corrected chi connectivity index (χ2v) is 8.34. The molecule has 1 amide bonds. The van der Waals surface area contributed by atoms with Gasteiger partial charge in [-0.25, -0.2) is 9.97 Å². The molecule has 4 heterocycles. The number of imidazole rings is 1. The molecule has 166 valence electrons. The number of carbonyl (C=O) groups excluding carboxylic acids is 2. The number of anilines is 1. The molecule has 8 nitrogen and oxygen atoms in total. The maximum absolute atomic E-state index is 13.3. The summed E-state index contributed by atoms with van der Waals surface area (Å²) in [5, 5.41) is 13.6. The third-order valence-corrected chi connectivity index (χ3v) is 6.25. The van der Waals surface area contributed by atoms with Crippen molar-refractivity contribution in [2.45, 2.75) is 19.9 Å². The Morgan fingerprint density at radius 2 is 2.06 bits per heavy atom. The van der Waals surface area contributed by atoms with Crippen LogP contribution in [-0.2, 0) is 9.59 Å². The number of aliphatic hydroxyl groups is 1. The van der Waals surface area contributed by atoms with Crippen LogP contribution in [-0.4, -0.2) is 37.8 Å². The van der Waals surface area contributed by atoms with Crippen LogP contribution in [0.25, 0.3) is 11.4 Å². The average molecular weight is 461 g/mol. The minimum atomic E-state index is -0.870. The molecule has 0 radical (unpaired) electrons. The summed E-state index contributed by atoms with van der Waals surface area (Å²) in [6.07, 6.45) is 3.33. The highest BCUT2D eigenvalue weighted by Crippen LogP contribution is 2.43. The van der Waals surface area contributed by atoms with Crippen LogP contribution in [0.4, 0.5) is 5.13 Å². The highest BCUT2D eigenvalue weighted by molar-refractivity contribution is 7.14. The van der Waals surface area contributed by atoms with Crippen molar-refractivity contribution in [1.29, 1.82) is 0 Å². The summed E-state index contributed by atoms with van der Waals surface area (Å²) in [6, 6.07) is 11.8. The van der Waals surface area contributed by atoms with Crippen LogP contribution in [0.3, 0.4) is 0 Å². The van der Waals surface area contributed by atoms with Crippen molar-refractivity contribution in [3.63, 3.8) is 0 Å². The highest BCUT2D eigenvalue weighted by atomic mass is 32.1. The van der Waals surface area contributed by atoms with Gasteiger partial charge in [-0.3, -0.25) is 18.9 Å². The summed E-state index contributed by atoms with van der Waals surface area (Å²) >= 11 is 1.24. The number of hydrogen-bond acceptors (Lipinski definition) is 7. The Labute approximate surface area is 193 Å². The van der Waals surface area contributed by atoms with Crippen molar-refractivity contribution < 1.29 is 19.4 Å². The van der Waals surface area contributed by atoms with Crippen LogP contribution in [0.1, 0.15) is 29.9 Å². The van der Waals surface area contributed by atoms with E-state index in [0.29, 0.717) is 40.1 Å². The van der Waals surface area contributed by atoms with E-state index in [2.05, 4.69) is 9.97 Å². The fraction of sp³-hybridized carbons (Fsp3) is 0.167. The number of Topliss-reactive ketones (excluding diaryl/α,β-unsaturated/α-hetero) is 1. The van der Waals surface area contributed by atoms with Crippen LogP contribution in [0.2, 0.25) is 0 Å². The molecular weight excluding hydrogens is 440 g/mol. The molecule has 0 spiro atoms. The quantitative estimate of drug-likeness (QED) is 0.273. The van der Waals surface area contributed by atoms with E-state index in [-0.39, 0.29) is 11.3 Å². The van der Waals surface area contributed by atoms with Crippen LogP contribution in [0, 0.1) is 6.92 Å². The molecule has 4 aromatic rings. The number of hydrogen-bond donors (Lipinski definition) is 1. The Bertz CT molecular complexity index is 1410. The summed E-state index contributed by atoms with van der Waals surface area (Å²) < 4.78 is 7.34. The first-order valence-electron chi connectivity index (χ1n) is 10.4. The van der Waals surface area contributed by atoms with Gasteiger partial charge in [-0.05, 0) is 43.7 Å². The van der Waals surface area contributed by atoms with E-state index in [1.807, 2.05) is 19.1 Å². The number of fused-ring (bicyclic) bond motifs is 1. The molecule has 3 aromatic heterocycles. The van der Waals surface area contributed by atoms with Crippen LogP contribution in [0.15, 0.2) is 65.8 Å². The van der Waals surface area contributed by atoms with Gasteiger partial charge in [0.05, 0.1) is 23.9 Å². The minimum absolute atomic E-state index is 0.0161. The first-order valence-corrected chi connectivity index (χ1v) is 11.3. The molecule has 1 atom stereocenters. The molecule has 0 bridgehead atoms. The lowest BCUT2D eigenvalue weighted by atomic mass is 9.96. The van der Waals surface area contributed by atoms with E-state index in [4.69, 9.17) is 4.74 Å². The van der Waals surface area contributed by atoms with E-state index in [1.165, 1.54) is 16.2 Å². The van der Waals surface area contributed by atoms with Gasteiger partial charge in [-0.1, -0.05) is 18.2 Å². The Balaban J connectivity index is 1.77. The van der Waals surface area contributed by atoms with Crippen molar-refractivity contribution in [2.24, 2.45) is 0 Å². The molecule has 0 aliphatic carbocycles. The van der Waals surface area contributed by atoms with Gasteiger partial charge in [0.2, 0.25) is 0 Å². The number of carbonyl (C=O) groups is 2. The molecule has 1 N–H and O–H groups in total. The van der Waals surface area contributed by atoms with E-state index in [0.717, 1.165) is 0 Å². The number of rotatable bonds is 5. The molecule has 1 aliphatic rings. The third kappa shape index (κ3) is 3.37. The van der Waals surface area contributed by atoms with Gasteiger partial charge in [0.25, 0.3) is 5.78 Å². The van der Waals surface area contributed by atoms with Gasteiger partial charge in [-0.15, -0.1) is 11.3 Å². The SMILES string of the molecule is CCOc1cccc(C2C(=C(O)c3c(C)nc4ccccn34)C(=O)C(=O)N2c2nccs2)c1. The van der Waals surface area contributed by atoms with Gasteiger partial charge in [-0.2, -0.15) is 0 Å². The molecule has 1 fully saturated rings. The van der Waals surface area contributed by atoms with E-state index < -0.39 is 17.7 Å². The second kappa shape index (κ2) is 8.18. The number of amides is 1. The Morgan fingerprint density at radius 3 is 2.82 bits per heavy atom. The average Bonchev–Trinajstić information content (AvgIpc) is 3.51. The molecular formula is C24H20N4O4S. The molecule has 0 saturated carbocycles. The fourth-order valence-electron chi connectivity index (χ4n) is 4.15. The van der Waals surface area contributed by atoms with E-state index in [9.17, 15) is 14.7 Å². The zero-order chi connectivity index (χ0) is 23.1. The zero-order valence-electron chi connectivity index (χ0n) is 17.9. The number of ketones is 1. The number of nitrogens with zero attached hydrogens (tertiary/aromatic N) is 4. The minimum Gasteiger partial charge on any atom is -0.505 e. The topological polar surface area (TPSA) is 97.0 Å². The van der Waals surface area contributed by atoms with E-state index >= 15 is 0 Å². The highest BCUT2D eigenvalue weighted by Gasteiger charge is 2.48. The summed E-state index contributed by atoms with van der Waals surface area (Å²) in [5.74, 6) is -1.20. The number of aliphatic hydroxyl groups excluding tert-OH is 1. The number of aromatic nitrogens is 3. The number of aryl methyl sites for hydroxylation is 1. The number of thiazole rings is 1. The molecule has 5 rings (SSSR count). The lowest BCUT2D eigenvalue weighted by Crippen LogP contribution is -2.29. The van der Waals surface area contributed by atoms with Gasteiger partial charge < -0.3 is 9.84 Å². The third-order valence-electron chi connectivity index (χ3n) is 5.48. The van der Waals surface area contributed by atoms with Crippen LogP contribution < -0.4 is 9.64 Å². The Kier molecular flexibility index (Phi) is 5.18. The first kappa shape index (κ1) is 20.9. The lowest BCUT2D eigenvalue weighted by Gasteiger charge is -2.23. The molecule has 1 aliphatic heterocycles. The van der Waals surface area contributed by atoms with E-state index in [1.54, 1.807) is 59.4 Å². The van der Waals surface area contributed by atoms with Gasteiger partial charge in [0.15, 0.2) is 10.9 Å². The maximum atomic E-state index is 13.3. The standard InChI is InChI=1S/C24H20N4O4S/c1-3-32-16-8-6-7-15(13-16)20-18(22(30)23(31)28(20)24-25-10-12-33-24)21(29)19-14(2)26-17-9-4-5-11-27(17)19/h4-13,20,29H,3H2,1-2H3. The molecule has 33 heavy (non-hydrogen) atoms. The second-order valence-electron chi connectivity index (χ2n) is 7.46. The van der Waals surface area contributed by atoms with Gasteiger partial charge >= 0.3 is 5.91 Å². The summed E-state index contributed by atoms with van der Waals surface area (Å²) in [4.78, 5) is 36.6. The summed E-state index contributed by atoms with van der Waals surface area (Å²) in [5.41, 5.74) is 2.15. The van der Waals surface area contributed by atoms with Crippen molar-refractivity contribution in [3.05, 3.63) is 82.8 Å². The predicted octanol–water partition coefficient (Wildman–Crippen LogP) is 4.12. The molecule has 1 unspecified atom stereocenters. The van der Waals surface area contributed by atoms with Crippen LogP contribution >= 0.6 is 11.3 Å². The van der Waals surface area contributed by atoms with Crippen molar-refractivity contribution in [1.82, 2.24) is 14.4 Å². The Morgan fingerprint density at radius 1 is 1.21 bits per heavy atom. The van der Waals surface area contributed by atoms with Crippen molar-refractivity contribution in [2.75, 3.05) is 11.5 Å². The Hall–Kier alpha value is -3.98. The normalized spacial score (nSPS) is 17.8. The zero-order valence-corrected chi connectivity index (χ0v) is 18.7. The number of pyridine rings is 1. The fourth-order valence-corrected chi connectivity index (χ4v) is 4.81. The van der Waals surface area contributed by atoms with Crippen LogP contribution in [0.5, 0.6) is 5.75 Å². The smallest absolute Gasteiger partial charge is 0.301 e. The first-order chi connectivity index (χ1) is 16.0. The van der Waals surface area contributed by atoms with Gasteiger partial charge in [0.1, 0.15) is 17.1 Å². The van der Waals surface area contributed by atoms with Crippen molar-refractivity contribution >= 4 is 39.6 Å². The molecule has 9 heteroatoms. The summed E-state index contributed by atoms with van der Waals surface area (Å²) in [7, 11) is 0. The number of ether oxygens (including phenoxy) is 1. The largest absolute Gasteiger partial charge is 0.505 e. The van der Waals surface area contributed by atoms with Gasteiger partial charge in [0, 0.05) is 17.8 Å². The molecule has 1 saturated heterocycles. The summed E-state index contributed by atoms with van der Waals surface area (Å²) in [6.45, 7) is 4.10. The predicted molar refractivity (Wildman–Crippen MR) is 124 cm³/mol. The maximum Gasteiger partial charge on any atom is 0.301 e.